The first kappa shape index (κ1) is 15.3. The average molecular weight is 300 g/mol. The van der Waals surface area contributed by atoms with Crippen LogP contribution in [0.4, 0.5) is 0 Å². The zero-order valence-corrected chi connectivity index (χ0v) is 12.5. The smallest absolute Gasteiger partial charge is 0.254 e. The summed E-state index contributed by atoms with van der Waals surface area (Å²) in [6.07, 6.45) is 0. The van der Waals surface area contributed by atoms with Crippen LogP contribution in [0.25, 0.3) is 0 Å². The van der Waals surface area contributed by atoms with Crippen molar-refractivity contribution in [2.75, 3.05) is 6.54 Å². The highest BCUT2D eigenvalue weighted by molar-refractivity contribution is 7.89. The summed E-state index contributed by atoms with van der Waals surface area (Å²) < 4.78 is 25.2. The van der Waals surface area contributed by atoms with E-state index in [1.807, 2.05) is 37.3 Å². The van der Waals surface area contributed by atoms with Crippen molar-refractivity contribution in [2.45, 2.75) is 11.8 Å². The Morgan fingerprint density at radius 2 is 1.67 bits per heavy atom. The van der Waals surface area contributed by atoms with Gasteiger partial charge in [-0.2, -0.15) is 0 Å². The molecule has 2 N–H and O–H groups in total. The first-order chi connectivity index (χ1) is 10.00. The van der Waals surface area contributed by atoms with Crippen LogP contribution in [0.1, 0.15) is 11.1 Å². The molecule has 4 nitrogen and oxygen atoms in total. The summed E-state index contributed by atoms with van der Waals surface area (Å²) in [6, 6.07) is 15.9. The van der Waals surface area contributed by atoms with Gasteiger partial charge in [0, 0.05) is 5.56 Å². The van der Waals surface area contributed by atoms with E-state index in [-0.39, 0.29) is 11.4 Å². The van der Waals surface area contributed by atoms with E-state index in [0.717, 1.165) is 15.5 Å². The second-order valence-corrected chi connectivity index (χ2v) is 6.42. The minimum atomic E-state index is -3.70. The zero-order valence-electron chi connectivity index (χ0n) is 11.7. The molecule has 2 aromatic carbocycles. The summed E-state index contributed by atoms with van der Waals surface area (Å²) in [4.78, 5) is 0.164. The van der Waals surface area contributed by atoms with Crippen molar-refractivity contribution in [3.8, 4) is 11.8 Å². The lowest BCUT2D eigenvalue weighted by Gasteiger charge is -2.13. The minimum Gasteiger partial charge on any atom is -0.254 e. The number of benzene rings is 2. The maximum atomic E-state index is 12.2. The molecule has 0 atom stereocenters. The summed E-state index contributed by atoms with van der Waals surface area (Å²) in [5, 5.41) is 0. The van der Waals surface area contributed by atoms with Crippen molar-refractivity contribution in [3.05, 3.63) is 65.7 Å². The predicted molar refractivity (Wildman–Crippen MR) is 82.6 cm³/mol. The van der Waals surface area contributed by atoms with Gasteiger partial charge in [0.25, 0.3) is 10.0 Å². The molecular weight excluding hydrogens is 284 g/mol. The van der Waals surface area contributed by atoms with Gasteiger partial charge in [-0.15, -0.1) is 4.41 Å². The van der Waals surface area contributed by atoms with Gasteiger partial charge in [0.2, 0.25) is 0 Å². The number of aryl methyl sites for hydroxylation is 1. The van der Waals surface area contributed by atoms with Crippen LogP contribution in [0.3, 0.4) is 0 Å². The molecule has 0 saturated carbocycles. The number of nitrogens with zero attached hydrogens (tertiary/aromatic N) is 1. The highest BCUT2D eigenvalue weighted by Crippen LogP contribution is 2.13. The van der Waals surface area contributed by atoms with Crippen LogP contribution >= 0.6 is 0 Å². The molecule has 2 aromatic rings. The number of rotatable bonds is 3. The van der Waals surface area contributed by atoms with E-state index in [4.69, 9.17) is 5.84 Å². The molecule has 0 bridgehead atoms. The Morgan fingerprint density at radius 1 is 1.05 bits per heavy atom. The van der Waals surface area contributed by atoms with Crippen LogP contribution in [-0.4, -0.2) is 19.4 Å². The monoisotopic (exact) mass is 300 g/mol. The molecule has 0 saturated heterocycles. The molecule has 0 amide bonds. The highest BCUT2D eigenvalue weighted by atomic mass is 32.2. The van der Waals surface area contributed by atoms with E-state index >= 15 is 0 Å². The first-order valence-corrected chi connectivity index (χ1v) is 7.82. The van der Waals surface area contributed by atoms with E-state index in [1.165, 1.54) is 12.1 Å². The topological polar surface area (TPSA) is 63.4 Å². The number of hydrogen-bond acceptors (Lipinski definition) is 3. The summed E-state index contributed by atoms with van der Waals surface area (Å²) in [5.74, 6) is 11.3. The van der Waals surface area contributed by atoms with Gasteiger partial charge in [0.1, 0.15) is 0 Å². The second kappa shape index (κ2) is 6.55. The Morgan fingerprint density at radius 3 is 2.29 bits per heavy atom. The molecule has 0 fully saturated rings. The molecule has 0 radical (unpaired) electrons. The average Bonchev–Trinajstić information content (AvgIpc) is 2.48. The van der Waals surface area contributed by atoms with Gasteiger partial charge in [0.15, 0.2) is 0 Å². The summed E-state index contributed by atoms with van der Waals surface area (Å²) in [7, 11) is -3.70. The molecular formula is C16H16N2O2S. The molecule has 5 heteroatoms. The van der Waals surface area contributed by atoms with Crippen LogP contribution in [0, 0.1) is 18.8 Å². The van der Waals surface area contributed by atoms with Crippen molar-refractivity contribution >= 4 is 10.0 Å². The van der Waals surface area contributed by atoms with E-state index in [9.17, 15) is 8.42 Å². The van der Waals surface area contributed by atoms with Gasteiger partial charge in [-0.05, 0) is 31.2 Å². The Kier molecular flexibility index (Phi) is 4.76. The standard InChI is InChI=1S/C16H16N2O2S/c1-14-9-11-16(12-10-14)21(19,20)18(17)13-5-8-15-6-3-2-4-7-15/h2-4,6-7,9-12H,13,17H2,1H3. The quantitative estimate of drug-likeness (QED) is 0.535. The van der Waals surface area contributed by atoms with Gasteiger partial charge in [-0.25, -0.2) is 8.42 Å². The van der Waals surface area contributed by atoms with Crippen LogP contribution in [0.15, 0.2) is 59.5 Å². The lowest BCUT2D eigenvalue weighted by molar-refractivity contribution is 0.463. The van der Waals surface area contributed by atoms with Gasteiger partial charge in [0.05, 0.1) is 11.4 Å². The molecule has 0 aliphatic carbocycles. The van der Waals surface area contributed by atoms with E-state index in [2.05, 4.69) is 11.8 Å². The second-order valence-electron chi connectivity index (χ2n) is 4.53. The van der Waals surface area contributed by atoms with Crippen LogP contribution in [-0.2, 0) is 10.0 Å². The van der Waals surface area contributed by atoms with Crippen LogP contribution < -0.4 is 5.84 Å². The van der Waals surface area contributed by atoms with Crippen molar-refractivity contribution in [2.24, 2.45) is 5.84 Å². The molecule has 0 heterocycles. The highest BCUT2D eigenvalue weighted by Gasteiger charge is 2.20. The Labute approximate surface area is 125 Å². The maximum Gasteiger partial charge on any atom is 0.256 e. The normalized spacial score (nSPS) is 11.0. The number of nitrogens with two attached hydrogens (primary N) is 1. The van der Waals surface area contributed by atoms with Crippen molar-refractivity contribution in [3.63, 3.8) is 0 Å². The van der Waals surface area contributed by atoms with Crippen LogP contribution in [0.2, 0.25) is 0 Å². The number of hydrogen-bond donors (Lipinski definition) is 1. The summed E-state index contributed by atoms with van der Waals surface area (Å²) >= 11 is 0. The lowest BCUT2D eigenvalue weighted by atomic mass is 10.2. The third kappa shape index (κ3) is 3.92. The Hall–Kier alpha value is -2.13. The Balaban J connectivity index is 2.11. The van der Waals surface area contributed by atoms with Crippen LogP contribution in [0.5, 0.6) is 0 Å². The fourth-order valence-electron chi connectivity index (χ4n) is 1.67. The third-order valence-electron chi connectivity index (χ3n) is 2.87. The van der Waals surface area contributed by atoms with E-state index in [0.29, 0.717) is 0 Å². The molecule has 2 rings (SSSR count). The minimum absolute atomic E-state index is 0.0644. The van der Waals surface area contributed by atoms with Crippen molar-refractivity contribution in [1.82, 2.24) is 4.41 Å². The first-order valence-electron chi connectivity index (χ1n) is 6.38. The van der Waals surface area contributed by atoms with Crippen molar-refractivity contribution in [1.29, 1.82) is 0 Å². The Bertz CT molecular complexity index is 757. The number of sulfonamides is 1. The molecule has 0 aromatic heterocycles. The van der Waals surface area contributed by atoms with Gasteiger partial charge in [-0.3, -0.25) is 5.84 Å². The maximum absolute atomic E-state index is 12.2. The molecule has 0 spiro atoms. The largest absolute Gasteiger partial charge is 0.256 e. The van der Waals surface area contributed by atoms with E-state index < -0.39 is 10.0 Å². The third-order valence-corrected chi connectivity index (χ3v) is 4.48. The van der Waals surface area contributed by atoms with Gasteiger partial charge in [-0.1, -0.05) is 47.7 Å². The molecule has 0 unspecified atom stereocenters. The number of hydrazine groups is 1. The molecule has 108 valence electrons. The van der Waals surface area contributed by atoms with Crippen molar-refractivity contribution < 1.29 is 8.42 Å². The van der Waals surface area contributed by atoms with E-state index in [1.54, 1.807) is 12.1 Å². The van der Waals surface area contributed by atoms with Gasteiger partial charge >= 0.3 is 0 Å². The van der Waals surface area contributed by atoms with Gasteiger partial charge < -0.3 is 0 Å². The summed E-state index contributed by atoms with van der Waals surface area (Å²) in [6.45, 7) is 1.83. The molecule has 0 aliphatic heterocycles. The fraction of sp³-hybridized carbons (Fsp3) is 0.125. The molecule has 0 aliphatic rings. The molecule has 21 heavy (non-hydrogen) atoms. The fourth-order valence-corrected chi connectivity index (χ4v) is 2.66. The zero-order chi connectivity index (χ0) is 15.3. The summed E-state index contributed by atoms with van der Waals surface area (Å²) in [5.41, 5.74) is 1.81. The lowest BCUT2D eigenvalue weighted by Crippen LogP contribution is -2.37. The predicted octanol–water partition coefficient (Wildman–Crippen LogP) is 1.91. The SMILES string of the molecule is Cc1ccc(S(=O)(=O)N(N)CC#Cc2ccccc2)cc1.